The van der Waals surface area contributed by atoms with Gasteiger partial charge in [0.2, 0.25) is 5.91 Å². The molecule has 1 N–H and O–H groups in total. The van der Waals surface area contributed by atoms with Crippen LogP contribution in [0.15, 0.2) is 30.6 Å². The van der Waals surface area contributed by atoms with E-state index in [9.17, 15) is 4.79 Å². The molecule has 0 bridgehead atoms. The zero-order chi connectivity index (χ0) is 14.8. The predicted octanol–water partition coefficient (Wildman–Crippen LogP) is 1.80. The lowest BCUT2D eigenvalue weighted by molar-refractivity contribution is -0.116. The molecule has 1 amide bonds. The van der Waals surface area contributed by atoms with Crippen molar-refractivity contribution in [2.75, 3.05) is 26.4 Å². The third kappa shape index (κ3) is 6.51. The highest BCUT2D eigenvalue weighted by molar-refractivity contribution is 5.91. The van der Waals surface area contributed by atoms with Crippen molar-refractivity contribution >= 4 is 12.0 Å². The van der Waals surface area contributed by atoms with Gasteiger partial charge in [0.25, 0.3) is 0 Å². The lowest BCUT2D eigenvalue weighted by Gasteiger charge is -2.09. The molecule has 114 valence electrons. The number of aromatic nitrogens is 1. The summed E-state index contributed by atoms with van der Waals surface area (Å²) in [7, 11) is 0. The molecule has 1 aromatic heterocycles. The Hall–Kier alpha value is -1.72. The fraction of sp³-hybridized carbons (Fsp3) is 0.500. The van der Waals surface area contributed by atoms with Crippen LogP contribution in [0.4, 0.5) is 0 Å². The van der Waals surface area contributed by atoms with Crippen LogP contribution in [-0.2, 0) is 14.3 Å². The maximum atomic E-state index is 11.6. The Morgan fingerprint density at radius 3 is 3.10 bits per heavy atom. The molecule has 0 saturated carbocycles. The molecule has 21 heavy (non-hydrogen) atoms. The number of hydrogen-bond donors (Lipinski definition) is 1. The third-order valence-corrected chi connectivity index (χ3v) is 3.23. The largest absolute Gasteiger partial charge is 0.379 e. The summed E-state index contributed by atoms with van der Waals surface area (Å²) in [6.45, 7) is 2.78. The second-order valence-corrected chi connectivity index (χ2v) is 4.97. The van der Waals surface area contributed by atoms with Crippen molar-refractivity contribution in [3.05, 3.63) is 36.2 Å². The molecule has 0 spiro atoms. The predicted molar refractivity (Wildman–Crippen MR) is 80.7 cm³/mol. The molecule has 2 heterocycles. The normalized spacial score (nSPS) is 18.2. The maximum Gasteiger partial charge on any atom is 0.244 e. The highest BCUT2D eigenvalue weighted by atomic mass is 16.5. The van der Waals surface area contributed by atoms with Crippen molar-refractivity contribution in [3.8, 4) is 0 Å². The first-order valence-corrected chi connectivity index (χ1v) is 7.40. The van der Waals surface area contributed by atoms with Crippen LogP contribution < -0.4 is 5.32 Å². The van der Waals surface area contributed by atoms with Gasteiger partial charge in [-0.2, -0.15) is 0 Å². The van der Waals surface area contributed by atoms with Gasteiger partial charge in [-0.25, -0.2) is 0 Å². The molecular weight excluding hydrogens is 268 g/mol. The fourth-order valence-electron chi connectivity index (χ4n) is 2.08. The van der Waals surface area contributed by atoms with Crippen molar-refractivity contribution in [1.29, 1.82) is 0 Å². The molecule has 0 radical (unpaired) electrons. The molecule has 1 fully saturated rings. The van der Waals surface area contributed by atoms with Crippen molar-refractivity contribution in [1.82, 2.24) is 10.3 Å². The van der Waals surface area contributed by atoms with E-state index in [0.717, 1.165) is 31.4 Å². The average molecular weight is 290 g/mol. The third-order valence-electron chi connectivity index (χ3n) is 3.23. The van der Waals surface area contributed by atoms with E-state index in [-0.39, 0.29) is 12.0 Å². The molecule has 5 nitrogen and oxygen atoms in total. The lowest BCUT2D eigenvalue weighted by atomic mass is 10.2. The maximum absolute atomic E-state index is 11.6. The number of amides is 1. The monoisotopic (exact) mass is 290 g/mol. The first-order chi connectivity index (χ1) is 10.3. The molecule has 1 aromatic rings. The Kier molecular flexibility index (Phi) is 6.91. The van der Waals surface area contributed by atoms with E-state index in [1.165, 1.54) is 6.08 Å². The van der Waals surface area contributed by atoms with Gasteiger partial charge >= 0.3 is 0 Å². The minimum atomic E-state index is -0.0917. The summed E-state index contributed by atoms with van der Waals surface area (Å²) < 4.78 is 11.0. The van der Waals surface area contributed by atoms with Crippen molar-refractivity contribution in [2.24, 2.45) is 0 Å². The Morgan fingerprint density at radius 1 is 1.48 bits per heavy atom. The van der Waals surface area contributed by atoms with Gasteiger partial charge in [-0.3, -0.25) is 9.78 Å². The van der Waals surface area contributed by atoms with Crippen LogP contribution in [0.25, 0.3) is 6.08 Å². The van der Waals surface area contributed by atoms with E-state index in [1.807, 2.05) is 12.1 Å². The second kappa shape index (κ2) is 9.26. The van der Waals surface area contributed by atoms with Gasteiger partial charge in [0.05, 0.1) is 12.7 Å². The number of carbonyl (C=O) groups excluding carboxylic acids is 1. The SMILES string of the molecule is O=C(/C=C\c1ccncc1)NCCCOC[C@H]1CCCO1. The van der Waals surface area contributed by atoms with Crippen LogP contribution in [0.2, 0.25) is 0 Å². The zero-order valence-corrected chi connectivity index (χ0v) is 12.2. The van der Waals surface area contributed by atoms with Crippen molar-refractivity contribution < 1.29 is 14.3 Å². The molecule has 5 heteroatoms. The first kappa shape index (κ1) is 15.7. The Balaban J connectivity index is 1.50. The Labute approximate surface area is 125 Å². The summed E-state index contributed by atoms with van der Waals surface area (Å²) in [5, 5.41) is 2.83. The van der Waals surface area contributed by atoms with Crippen LogP contribution in [0, 0.1) is 0 Å². The molecule has 1 atom stereocenters. The molecule has 0 unspecified atom stereocenters. The second-order valence-electron chi connectivity index (χ2n) is 4.97. The van der Waals surface area contributed by atoms with Crippen LogP contribution in [0.5, 0.6) is 0 Å². The van der Waals surface area contributed by atoms with E-state index in [2.05, 4.69) is 10.3 Å². The van der Waals surface area contributed by atoms with Crippen molar-refractivity contribution in [3.63, 3.8) is 0 Å². The molecule has 0 aliphatic carbocycles. The molecule has 1 aliphatic heterocycles. The molecule has 1 saturated heterocycles. The average Bonchev–Trinajstić information content (AvgIpc) is 3.03. The van der Waals surface area contributed by atoms with Gasteiger partial charge < -0.3 is 14.8 Å². The quantitative estimate of drug-likeness (QED) is 0.586. The van der Waals surface area contributed by atoms with Crippen molar-refractivity contribution in [2.45, 2.75) is 25.4 Å². The van der Waals surface area contributed by atoms with Gasteiger partial charge in [0.15, 0.2) is 0 Å². The van der Waals surface area contributed by atoms with Gasteiger partial charge in [0, 0.05) is 38.2 Å². The fourth-order valence-corrected chi connectivity index (χ4v) is 2.08. The summed E-state index contributed by atoms with van der Waals surface area (Å²) >= 11 is 0. The zero-order valence-electron chi connectivity index (χ0n) is 12.2. The minimum absolute atomic E-state index is 0.0917. The molecule has 1 aliphatic rings. The molecular formula is C16H22N2O3. The van der Waals surface area contributed by atoms with Gasteiger partial charge in [-0.15, -0.1) is 0 Å². The summed E-state index contributed by atoms with van der Waals surface area (Å²) in [6.07, 6.45) is 9.99. The summed E-state index contributed by atoms with van der Waals surface area (Å²) in [6, 6.07) is 3.70. The smallest absolute Gasteiger partial charge is 0.244 e. The van der Waals surface area contributed by atoms with Gasteiger partial charge in [-0.1, -0.05) is 0 Å². The van der Waals surface area contributed by atoms with E-state index >= 15 is 0 Å². The Morgan fingerprint density at radius 2 is 2.33 bits per heavy atom. The Bertz CT molecular complexity index is 442. The van der Waals surface area contributed by atoms with E-state index in [0.29, 0.717) is 19.8 Å². The van der Waals surface area contributed by atoms with Crippen LogP contribution in [0.1, 0.15) is 24.8 Å². The summed E-state index contributed by atoms with van der Waals surface area (Å²) in [4.78, 5) is 15.5. The highest BCUT2D eigenvalue weighted by Gasteiger charge is 2.14. The number of ether oxygens (including phenoxy) is 2. The number of pyridine rings is 1. The van der Waals surface area contributed by atoms with Gasteiger partial charge in [-0.05, 0) is 43.0 Å². The number of rotatable bonds is 8. The number of carbonyl (C=O) groups is 1. The number of hydrogen-bond acceptors (Lipinski definition) is 4. The summed E-state index contributed by atoms with van der Waals surface area (Å²) in [5.41, 5.74) is 0.958. The van der Waals surface area contributed by atoms with E-state index in [1.54, 1.807) is 18.5 Å². The number of nitrogens with zero attached hydrogens (tertiary/aromatic N) is 1. The van der Waals surface area contributed by atoms with Crippen LogP contribution >= 0.6 is 0 Å². The first-order valence-electron chi connectivity index (χ1n) is 7.40. The van der Waals surface area contributed by atoms with Crippen LogP contribution in [-0.4, -0.2) is 43.4 Å². The molecule has 0 aromatic carbocycles. The van der Waals surface area contributed by atoms with Crippen LogP contribution in [0.3, 0.4) is 0 Å². The highest BCUT2D eigenvalue weighted by Crippen LogP contribution is 2.11. The standard InChI is InChI=1S/C16H22N2O3/c19-16(5-4-14-6-9-17-10-7-14)18-8-2-11-20-13-15-3-1-12-21-15/h4-7,9-10,15H,1-3,8,11-13H2,(H,18,19)/b5-4-/t15-/m1/s1. The van der Waals surface area contributed by atoms with Gasteiger partial charge in [0.1, 0.15) is 0 Å². The molecule has 2 rings (SSSR count). The lowest BCUT2D eigenvalue weighted by Crippen LogP contribution is -2.23. The summed E-state index contributed by atoms with van der Waals surface area (Å²) in [5.74, 6) is -0.0917. The topological polar surface area (TPSA) is 60.5 Å². The minimum Gasteiger partial charge on any atom is -0.379 e. The van der Waals surface area contributed by atoms with E-state index in [4.69, 9.17) is 9.47 Å². The number of nitrogens with one attached hydrogen (secondary N) is 1. The van der Waals surface area contributed by atoms with E-state index < -0.39 is 0 Å².